The molecule has 0 radical (unpaired) electrons. The van der Waals surface area contributed by atoms with Gasteiger partial charge >= 0.3 is 0 Å². The van der Waals surface area contributed by atoms with Gasteiger partial charge in [0.1, 0.15) is 0 Å². The third-order valence-corrected chi connectivity index (χ3v) is 7.49. The molecule has 1 unspecified atom stereocenters. The molecule has 1 amide bonds. The third-order valence-electron chi connectivity index (χ3n) is 7.49. The number of hydrogen-bond acceptors (Lipinski definition) is 2. The van der Waals surface area contributed by atoms with Crippen molar-refractivity contribution in [2.24, 2.45) is 5.92 Å². The Bertz CT molecular complexity index is 1290. The minimum atomic E-state index is 0.0406. The van der Waals surface area contributed by atoms with Gasteiger partial charge < -0.3 is 9.88 Å². The van der Waals surface area contributed by atoms with Crippen LogP contribution in [0.2, 0.25) is 0 Å². The van der Waals surface area contributed by atoms with Gasteiger partial charge in [0.2, 0.25) is 5.91 Å². The molecule has 1 aliphatic heterocycles. The molecule has 0 aliphatic carbocycles. The number of nitrogens with one attached hydrogen (secondary N) is 1. The van der Waals surface area contributed by atoms with E-state index >= 15 is 0 Å². The van der Waals surface area contributed by atoms with Crippen LogP contribution in [0.15, 0.2) is 84.9 Å². The van der Waals surface area contributed by atoms with Gasteiger partial charge in [-0.1, -0.05) is 72.8 Å². The highest BCUT2D eigenvalue weighted by atomic mass is 16.1. The highest BCUT2D eigenvalue weighted by Crippen LogP contribution is 2.26. The Balaban J connectivity index is 1.24. The van der Waals surface area contributed by atoms with Crippen molar-refractivity contribution >= 4 is 16.8 Å². The molecule has 180 valence electrons. The second-order valence-corrected chi connectivity index (χ2v) is 9.90. The van der Waals surface area contributed by atoms with E-state index < -0.39 is 0 Å². The van der Waals surface area contributed by atoms with Crippen LogP contribution in [0.5, 0.6) is 0 Å². The van der Waals surface area contributed by atoms with Gasteiger partial charge in [-0.25, -0.2) is 0 Å². The number of piperidine rings is 1. The van der Waals surface area contributed by atoms with Crippen LogP contribution in [0, 0.1) is 12.8 Å². The first-order valence-corrected chi connectivity index (χ1v) is 12.8. The van der Waals surface area contributed by atoms with Crippen LogP contribution in [-0.4, -0.2) is 28.5 Å². The van der Waals surface area contributed by atoms with Crippen molar-refractivity contribution in [2.45, 2.75) is 45.8 Å². The Morgan fingerprint density at radius 3 is 2.37 bits per heavy atom. The van der Waals surface area contributed by atoms with E-state index in [9.17, 15) is 4.79 Å². The normalized spacial score (nSPS) is 15.8. The van der Waals surface area contributed by atoms with Gasteiger partial charge in [-0.05, 0) is 74.0 Å². The maximum atomic E-state index is 12.9. The molecule has 35 heavy (non-hydrogen) atoms. The number of benzene rings is 3. The number of fused-ring (bicyclic) bond motifs is 1. The Hall–Kier alpha value is -3.37. The fourth-order valence-corrected chi connectivity index (χ4v) is 5.28. The van der Waals surface area contributed by atoms with E-state index in [1.165, 1.54) is 27.7 Å². The lowest BCUT2D eigenvalue weighted by atomic mass is 9.95. The fraction of sp³-hybridized carbons (Fsp3) is 0.323. The number of amides is 1. The summed E-state index contributed by atoms with van der Waals surface area (Å²) in [5.41, 5.74) is 6.47. The van der Waals surface area contributed by atoms with E-state index in [1.807, 2.05) is 18.2 Å². The van der Waals surface area contributed by atoms with Gasteiger partial charge in [0.05, 0.1) is 6.04 Å². The lowest BCUT2D eigenvalue weighted by Crippen LogP contribution is -2.41. The molecule has 5 rings (SSSR count). The maximum absolute atomic E-state index is 12.9. The molecule has 3 aromatic carbocycles. The Morgan fingerprint density at radius 2 is 1.60 bits per heavy atom. The molecule has 4 heteroatoms. The average molecular weight is 466 g/mol. The second kappa shape index (κ2) is 10.5. The number of hydrogen-bond donors (Lipinski definition) is 1. The van der Waals surface area contributed by atoms with Gasteiger partial charge in [-0.2, -0.15) is 0 Å². The highest BCUT2D eigenvalue weighted by molar-refractivity contribution is 5.81. The summed E-state index contributed by atoms with van der Waals surface area (Å²) < 4.78 is 2.47. The van der Waals surface area contributed by atoms with E-state index in [0.717, 1.165) is 44.6 Å². The van der Waals surface area contributed by atoms with Crippen LogP contribution >= 0.6 is 0 Å². The van der Waals surface area contributed by atoms with Gasteiger partial charge in [0.15, 0.2) is 0 Å². The van der Waals surface area contributed by atoms with Gasteiger partial charge in [-0.15, -0.1) is 0 Å². The third kappa shape index (κ3) is 5.33. The van der Waals surface area contributed by atoms with E-state index in [4.69, 9.17) is 0 Å². The van der Waals surface area contributed by atoms with Crippen molar-refractivity contribution in [3.63, 3.8) is 0 Å². The number of carbonyl (C=O) groups is 1. The van der Waals surface area contributed by atoms with Crippen LogP contribution in [0.4, 0.5) is 0 Å². The minimum Gasteiger partial charge on any atom is -0.349 e. The van der Waals surface area contributed by atoms with Crippen LogP contribution in [0.3, 0.4) is 0 Å². The van der Waals surface area contributed by atoms with Crippen LogP contribution in [-0.2, 0) is 17.9 Å². The summed E-state index contributed by atoms with van der Waals surface area (Å²) in [7, 11) is 0. The average Bonchev–Trinajstić information content (AvgIpc) is 3.23. The summed E-state index contributed by atoms with van der Waals surface area (Å²) >= 11 is 0. The Morgan fingerprint density at radius 1 is 0.914 bits per heavy atom. The van der Waals surface area contributed by atoms with Crippen LogP contribution in [0.25, 0.3) is 10.9 Å². The number of nitrogens with zero attached hydrogens (tertiary/aromatic N) is 2. The molecule has 1 fully saturated rings. The van der Waals surface area contributed by atoms with E-state index in [1.54, 1.807) is 0 Å². The number of aryl methyl sites for hydroxylation is 1. The predicted octanol–water partition coefficient (Wildman–Crippen LogP) is 6.09. The highest BCUT2D eigenvalue weighted by Gasteiger charge is 2.26. The number of likely N-dealkylation sites (tertiary alicyclic amines) is 1. The summed E-state index contributed by atoms with van der Waals surface area (Å²) in [5.74, 6) is 0.282. The number of carbonyl (C=O) groups excluding carboxylic acids is 1. The number of para-hydroxylation sites is 1. The molecule has 0 saturated carbocycles. The van der Waals surface area contributed by atoms with Crippen molar-refractivity contribution in [2.75, 3.05) is 13.1 Å². The zero-order chi connectivity index (χ0) is 24.2. The van der Waals surface area contributed by atoms with Crippen molar-refractivity contribution in [1.82, 2.24) is 14.8 Å². The van der Waals surface area contributed by atoms with E-state index in [-0.39, 0.29) is 17.9 Å². The second-order valence-electron chi connectivity index (χ2n) is 9.90. The Kier molecular flexibility index (Phi) is 7.01. The smallest absolute Gasteiger partial charge is 0.223 e. The number of aromatic nitrogens is 1. The minimum absolute atomic E-state index is 0.0406. The van der Waals surface area contributed by atoms with Gasteiger partial charge in [-0.3, -0.25) is 9.69 Å². The summed E-state index contributed by atoms with van der Waals surface area (Å²) in [6.45, 7) is 7.94. The van der Waals surface area contributed by atoms with Crippen LogP contribution < -0.4 is 5.32 Å². The summed E-state index contributed by atoms with van der Waals surface area (Å²) in [4.78, 5) is 15.4. The lowest BCUT2D eigenvalue weighted by Gasteiger charge is -2.32. The molecule has 0 bridgehead atoms. The molecule has 1 atom stereocenters. The quantitative estimate of drug-likeness (QED) is 0.359. The summed E-state index contributed by atoms with van der Waals surface area (Å²) in [6, 6.07) is 29.9. The molecule has 0 spiro atoms. The standard InChI is InChI=1S/C31H35N3O/c1-23-10-6-7-14-28(23)21-34-29(20-27-13-8-9-15-30(27)34)22-33-18-16-26(17-19-33)31(35)32-24(2)25-11-4-3-5-12-25/h3-15,20,24,26H,16-19,21-22H2,1-2H3,(H,32,35). The molecular formula is C31H35N3O. The molecule has 2 heterocycles. The molecule has 1 saturated heterocycles. The van der Waals surface area contributed by atoms with Crippen molar-refractivity contribution < 1.29 is 4.79 Å². The largest absolute Gasteiger partial charge is 0.349 e. The molecule has 4 aromatic rings. The predicted molar refractivity (Wildman–Crippen MR) is 143 cm³/mol. The summed E-state index contributed by atoms with van der Waals surface area (Å²) in [5, 5.41) is 4.52. The molecule has 4 nitrogen and oxygen atoms in total. The monoisotopic (exact) mass is 465 g/mol. The zero-order valence-electron chi connectivity index (χ0n) is 20.8. The fourth-order valence-electron chi connectivity index (χ4n) is 5.28. The van der Waals surface area contributed by atoms with Crippen molar-refractivity contribution in [1.29, 1.82) is 0 Å². The number of rotatable bonds is 7. The maximum Gasteiger partial charge on any atom is 0.223 e. The first-order valence-electron chi connectivity index (χ1n) is 12.8. The van der Waals surface area contributed by atoms with E-state index in [2.05, 4.69) is 95.4 Å². The van der Waals surface area contributed by atoms with Crippen LogP contribution in [0.1, 0.15) is 48.2 Å². The molecule has 1 aromatic heterocycles. The SMILES string of the molecule is Cc1ccccc1Cn1c(CN2CCC(C(=O)NC(C)c3ccccc3)CC2)cc2ccccc21. The first kappa shape index (κ1) is 23.4. The van der Waals surface area contributed by atoms with Crippen molar-refractivity contribution in [3.05, 3.63) is 107 Å². The van der Waals surface area contributed by atoms with Gasteiger partial charge in [0.25, 0.3) is 0 Å². The van der Waals surface area contributed by atoms with Crippen molar-refractivity contribution in [3.8, 4) is 0 Å². The molecule has 1 N–H and O–H groups in total. The van der Waals surface area contributed by atoms with Gasteiger partial charge in [0, 0.05) is 30.2 Å². The molecular weight excluding hydrogens is 430 g/mol. The van der Waals surface area contributed by atoms with E-state index in [0.29, 0.717) is 0 Å². The first-order chi connectivity index (χ1) is 17.1. The zero-order valence-corrected chi connectivity index (χ0v) is 20.8. The topological polar surface area (TPSA) is 37.3 Å². The summed E-state index contributed by atoms with van der Waals surface area (Å²) in [6.07, 6.45) is 1.82. The molecule has 1 aliphatic rings. The Labute approximate surface area is 208 Å². The lowest BCUT2D eigenvalue weighted by molar-refractivity contribution is -0.127.